The van der Waals surface area contributed by atoms with E-state index in [0.717, 1.165) is 0 Å². The highest BCUT2D eigenvalue weighted by atomic mass is 16.4. The second-order valence-electron chi connectivity index (χ2n) is 5.33. The van der Waals surface area contributed by atoms with Gasteiger partial charge in [0.05, 0.1) is 0 Å². The molecule has 2 atom stereocenters. The maximum absolute atomic E-state index is 11.9. The molecule has 3 rings (SSSR count). The lowest BCUT2D eigenvalue weighted by atomic mass is 9.81. The van der Waals surface area contributed by atoms with Gasteiger partial charge in [0, 0.05) is 0 Å². The minimum atomic E-state index is -1.40. The molecule has 1 aliphatic carbocycles. The van der Waals surface area contributed by atoms with Crippen molar-refractivity contribution in [3.8, 4) is 0 Å². The lowest BCUT2D eigenvalue weighted by molar-refractivity contribution is -0.147. The van der Waals surface area contributed by atoms with Crippen molar-refractivity contribution >= 4 is 11.9 Å². The molecule has 0 heterocycles. The third kappa shape index (κ3) is 1.62. The lowest BCUT2D eigenvalue weighted by Crippen LogP contribution is -2.36. The third-order valence-corrected chi connectivity index (χ3v) is 4.40. The highest BCUT2D eigenvalue weighted by Gasteiger charge is 2.78. The summed E-state index contributed by atoms with van der Waals surface area (Å²) in [6, 6.07) is 17.2. The van der Waals surface area contributed by atoms with E-state index in [1.807, 2.05) is 0 Å². The molecule has 0 bridgehead atoms. The smallest absolute Gasteiger partial charge is 0.315 e. The van der Waals surface area contributed by atoms with E-state index >= 15 is 0 Å². The van der Waals surface area contributed by atoms with Gasteiger partial charge in [-0.15, -0.1) is 0 Å². The number of rotatable bonds is 4. The maximum atomic E-state index is 11.9. The number of aliphatic carboxylic acids is 2. The Bertz CT molecular complexity index is 634. The van der Waals surface area contributed by atoms with E-state index in [9.17, 15) is 19.8 Å². The van der Waals surface area contributed by atoms with Crippen LogP contribution in [-0.2, 0) is 20.4 Å². The Morgan fingerprint density at radius 2 is 1.05 bits per heavy atom. The fraction of sp³-hybridized carbons (Fsp3) is 0.176. The Morgan fingerprint density at radius 3 is 1.33 bits per heavy atom. The largest absolute Gasteiger partial charge is 0.481 e. The topological polar surface area (TPSA) is 74.6 Å². The van der Waals surface area contributed by atoms with E-state index in [1.54, 1.807) is 60.7 Å². The third-order valence-electron chi connectivity index (χ3n) is 4.40. The Morgan fingerprint density at radius 1 is 0.714 bits per heavy atom. The van der Waals surface area contributed by atoms with Gasteiger partial charge in [-0.3, -0.25) is 9.59 Å². The monoisotopic (exact) mass is 282 g/mol. The Labute approximate surface area is 121 Å². The summed E-state index contributed by atoms with van der Waals surface area (Å²) >= 11 is 0. The normalized spacial score (nSPS) is 27.0. The van der Waals surface area contributed by atoms with Crippen molar-refractivity contribution in [3.63, 3.8) is 0 Å². The second-order valence-corrected chi connectivity index (χ2v) is 5.33. The molecular weight excluding hydrogens is 268 g/mol. The van der Waals surface area contributed by atoms with Gasteiger partial charge in [-0.2, -0.15) is 0 Å². The molecule has 4 nitrogen and oxygen atoms in total. The molecule has 1 aliphatic rings. The van der Waals surface area contributed by atoms with Crippen molar-refractivity contribution in [1.29, 1.82) is 0 Å². The van der Waals surface area contributed by atoms with E-state index in [-0.39, 0.29) is 6.42 Å². The fourth-order valence-electron chi connectivity index (χ4n) is 3.26. The molecule has 106 valence electrons. The zero-order valence-electron chi connectivity index (χ0n) is 11.2. The molecule has 0 aromatic heterocycles. The van der Waals surface area contributed by atoms with Crippen LogP contribution >= 0.6 is 0 Å². The molecule has 0 amide bonds. The molecule has 21 heavy (non-hydrogen) atoms. The summed E-state index contributed by atoms with van der Waals surface area (Å²) in [6.45, 7) is 0. The summed E-state index contributed by atoms with van der Waals surface area (Å²) in [5, 5.41) is 19.5. The SMILES string of the molecule is O=C(O)C1(c2ccccc2)CC1(C(=O)O)c1ccccc1. The minimum absolute atomic E-state index is 0.0681. The van der Waals surface area contributed by atoms with Gasteiger partial charge in [-0.25, -0.2) is 0 Å². The van der Waals surface area contributed by atoms with Crippen molar-refractivity contribution in [2.75, 3.05) is 0 Å². The molecule has 2 aromatic carbocycles. The number of hydrogen-bond acceptors (Lipinski definition) is 2. The molecule has 2 unspecified atom stereocenters. The van der Waals surface area contributed by atoms with Gasteiger partial charge in [-0.05, 0) is 17.5 Å². The van der Waals surface area contributed by atoms with Crippen LogP contribution in [0.5, 0.6) is 0 Å². The number of benzene rings is 2. The summed E-state index contributed by atoms with van der Waals surface area (Å²) in [7, 11) is 0. The van der Waals surface area contributed by atoms with E-state index < -0.39 is 22.8 Å². The highest BCUT2D eigenvalue weighted by molar-refractivity contribution is 6.03. The van der Waals surface area contributed by atoms with Crippen molar-refractivity contribution in [2.24, 2.45) is 0 Å². The van der Waals surface area contributed by atoms with E-state index in [0.29, 0.717) is 11.1 Å². The molecule has 1 fully saturated rings. The van der Waals surface area contributed by atoms with Gasteiger partial charge in [0.15, 0.2) is 0 Å². The average molecular weight is 282 g/mol. The first-order valence-corrected chi connectivity index (χ1v) is 6.63. The van der Waals surface area contributed by atoms with E-state index in [4.69, 9.17) is 0 Å². The van der Waals surface area contributed by atoms with E-state index in [1.165, 1.54) is 0 Å². The van der Waals surface area contributed by atoms with Crippen LogP contribution in [0.25, 0.3) is 0 Å². The predicted molar refractivity (Wildman–Crippen MR) is 76.1 cm³/mol. The number of carboxylic acids is 2. The van der Waals surface area contributed by atoms with Gasteiger partial charge < -0.3 is 10.2 Å². The Kier molecular flexibility index (Phi) is 2.83. The summed E-state index contributed by atoms with van der Waals surface area (Å²) in [6.07, 6.45) is 0.0681. The van der Waals surface area contributed by atoms with Gasteiger partial charge in [0.1, 0.15) is 10.8 Å². The van der Waals surface area contributed by atoms with Gasteiger partial charge in [-0.1, -0.05) is 60.7 Å². The van der Waals surface area contributed by atoms with Crippen LogP contribution < -0.4 is 0 Å². The average Bonchev–Trinajstić information content (AvgIpc) is 3.22. The molecule has 0 aliphatic heterocycles. The number of hydrogen-bond donors (Lipinski definition) is 2. The van der Waals surface area contributed by atoms with Crippen LogP contribution in [-0.4, -0.2) is 22.2 Å². The first-order chi connectivity index (χ1) is 10.1. The summed E-state index contributed by atoms with van der Waals surface area (Å²) < 4.78 is 0. The summed E-state index contributed by atoms with van der Waals surface area (Å²) in [5.41, 5.74) is -1.74. The van der Waals surface area contributed by atoms with Crippen LogP contribution in [0.15, 0.2) is 60.7 Å². The summed E-state index contributed by atoms with van der Waals surface area (Å²) in [4.78, 5) is 23.8. The van der Waals surface area contributed by atoms with Gasteiger partial charge in [0.25, 0.3) is 0 Å². The van der Waals surface area contributed by atoms with E-state index in [2.05, 4.69) is 0 Å². The second kappa shape index (κ2) is 4.45. The fourth-order valence-corrected chi connectivity index (χ4v) is 3.26. The minimum Gasteiger partial charge on any atom is -0.481 e. The number of carboxylic acid groups (broad SMARTS) is 2. The Hall–Kier alpha value is -2.62. The molecule has 4 heteroatoms. The highest BCUT2D eigenvalue weighted by Crippen LogP contribution is 2.65. The molecule has 0 radical (unpaired) electrons. The summed E-state index contributed by atoms with van der Waals surface area (Å²) in [5.74, 6) is -2.19. The molecule has 2 aromatic rings. The predicted octanol–water partition coefficient (Wildman–Crippen LogP) is 2.44. The quantitative estimate of drug-likeness (QED) is 0.903. The van der Waals surface area contributed by atoms with Crippen LogP contribution in [0, 0.1) is 0 Å². The zero-order valence-corrected chi connectivity index (χ0v) is 11.2. The zero-order chi connectivity index (χ0) is 15.1. The standard InChI is InChI=1S/C17H14O4/c18-14(19)16(12-7-3-1-4-8-12)11-17(16,15(20)21)13-9-5-2-6-10-13/h1-10H,11H2,(H,18,19)(H,20,21). The first kappa shape index (κ1) is 13.4. The van der Waals surface area contributed by atoms with Crippen LogP contribution in [0.4, 0.5) is 0 Å². The first-order valence-electron chi connectivity index (χ1n) is 6.63. The molecule has 1 saturated carbocycles. The van der Waals surface area contributed by atoms with Crippen molar-refractivity contribution in [2.45, 2.75) is 17.3 Å². The van der Waals surface area contributed by atoms with Crippen molar-refractivity contribution in [1.82, 2.24) is 0 Å². The Balaban J connectivity index is 2.22. The van der Waals surface area contributed by atoms with Crippen LogP contribution in [0.3, 0.4) is 0 Å². The van der Waals surface area contributed by atoms with Crippen molar-refractivity contribution in [3.05, 3.63) is 71.8 Å². The molecule has 0 spiro atoms. The van der Waals surface area contributed by atoms with Gasteiger partial charge in [0.2, 0.25) is 0 Å². The molecule has 2 N–H and O–H groups in total. The maximum Gasteiger partial charge on any atom is 0.315 e. The van der Waals surface area contributed by atoms with Gasteiger partial charge >= 0.3 is 11.9 Å². The van der Waals surface area contributed by atoms with Crippen LogP contribution in [0.2, 0.25) is 0 Å². The molecule has 0 saturated heterocycles. The van der Waals surface area contributed by atoms with Crippen LogP contribution in [0.1, 0.15) is 17.5 Å². The van der Waals surface area contributed by atoms with Crippen molar-refractivity contribution < 1.29 is 19.8 Å². The lowest BCUT2D eigenvalue weighted by Gasteiger charge is -2.20. The number of carbonyl (C=O) groups is 2. The molecular formula is C17H14O4.